The molecule has 0 radical (unpaired) electrons. The van der Waals surface area contributed by atoms with E-state index in [9.17, 15) is 9.18 Å². The molecule has 158 valence electrons. The SMILES string of the molecule is CCOc1cc(C(=O)N2CCCCC[C@H]2C)nc2cc(-c3ccc(Br)cc3F)nn12. The van der Waals surface area contributed by atoms with Gasteiger partial charge in [0, 0.05) is 34.8 Å². The van der Waals surface area contributed by atoms with Crippen LogP contribution in [0.2, 0.25) is 0 Å². The first kappa shape index (κ1) is 20.8. The molecule has 1 aliphatic heterocycles. The van der Waals surface area contributed by atoms with E-state index >= 15 is 0 Å². The number of aromatic nitrogens is 3. The largest absolute Gasteiger partial charge is 0.478 e. The van der Waals surface area contributed by atoms with E-state index in [0.29, 0.717) is 39.6 Å². The van der Waals surface area contributed by atoms with Crippen molar-refractivity contribution in [3.8, 4) is 17.1 Å². The summed E-state index contributed by atoms with van der Waals surface area (Å²) in [4.78, 5) is 19.7. The molecule has 8 heteroatoms. The van der Waals surface area contributed by atoms with Crippen LogP contribution in [0.4, 0.5) is 4.39 Å². The minimum Gasteiger partial charge on any atom is -0.478 e. The summed E-state index contributed by atoms with van der Waals surface area (Å²) in [5.74, 6) is -0.0806. The molecule has 0 unspecified atom stereocenters. The number of nitrogens with zero attached hydrogens (tertiary/aromatic N) is 4. The Bertz CT molecular complexity index is 1080. The van der Waals surface area contributed by atoms with Gasteiger partial charge in [-0.05, 0) is 44.9 Å². The van der Waals surface area contributed by atoms with Crippen LogP contribution in [0.1, 0.15) is 50.0 Å². The van der Waals surface area contributed by atoms with Crippen LogP contribution in [0.15, 0.2) is 34.8 Å². The van der Waals surface area contributed by atoms with Crippen LogP contribution in [0, 0.1) is 5.82 Å². The number of benzene rings is 1. The molecular formula is C22H24BrFN4O2. The number of ether oxygens (including phenoxy) is 1. The zero-order valence-corrected chi connectivity index (χ0v) is 18.7. The molecule has 2 aromatic heterocycles. The number of carbonyl (C=O) groups is 1. The summed E-state index contributed by atoms with van der Waals surface area (Å²) < 4.78 is 22.4. The van der Waals surface area contributed by atoms with E-state index in [4.69, 9.17) is 4.74 Å². The van der Waals surface area contributed by atoms with Gasteiger partial charge >= 0.3 is 0 Å². The van der Waals surface area contributed by atoms with Crippen molar-refractivity contribution in [2.75, 3.05) is 13.2 Å². The van der Waals surface area contributed by atoms with E-state index in [0.717, 1.165) is 32.2 Å². The van der Waals surface area contributed by atoms with Gasteiger partial charge in [0.15, 0.2) is 5.65 Å². The van der Waals surface area contributed by atoms with Gasteiger partial charge in [-0.3, -0.25) is 4.79 Å². The van der Waals surface area contributed by atoms with Crippen molar-refractivity contribution in [1.82, 2.24) is 19.5 Å². The lowest BCUT2D eigenvalue weighted by molar-refractivity contribution is 0.0691. The lowest BCUT2D eigenvalue weighted by Crippen LogP contribution is -2.38. The zero-order valence-electron chi connectivity index (χ0n) is 17.1. The monoisotopic (exact) mass is 474 g/mol. The third-order valence-corrected chi connectivity index (χ3v) is 5.92. The molecule has 3 aromatic rings. The molecule has 1 aliphatic rings. The molecule has 1 aromatic carbocycles. The highest BCUT2D eigenvalue weighted by molar-refractivity contribution is 9.10. The molecule has 1 atom stereocenters. The Kier molecular flexibility index (Phi) is 6.04. The van der Waals surface area contributed by atoms with Crippen LogP contribution in [0.25, 0.3) is 16.9 Å². The lowest BCUT2D eigenvalue weighted by atomic mass is 10.1. The molecule has 0 aliphatic carbocycles. The molecule has 30 heavy (non-hydrogen) atoms. The Hall–Kier alpha value is -2.48. The molecule has 6 nitrogen and oxygen atoms in total. The summed E-state index contributed by atoms with van der Waals surface area (Å²) in [6.07, 6.45) is 4.25. The second-order valence-electron chi connectivity index (χ2n) is 7.53. The molecule has 0 spiro atoms. The predicted octanol–water partition coefficient (Wildman–Crippen LogP) is 5.10. The molecule has 1 saturated heterocycles. The van der Waals surface area contributed by atoms with E-state index in [1.807, 2.05) is 11.8 Å². The number of amides is 1. The topological polar surface area (TPSA) is 59.7 Å². The van der Waals surface area contributed by atoms with Crippen LogP contribution in [0.3, 0.4) is 0 Å². The highest BCUT2D eigenvalue weighted by Gasteiger charge is 2.26. The third-order valence-electron chi connectivity index (χ3n) is 5.43. The third kappa shape index (κ3) is 4.05. The summed E-state index contributed by atoms with van der Waals surface area (Å²) in [5.41, 5.74) is 1.56. The molecule has 3 heterocycles. The van der Waals surface area contributed by atoms with Crippen LogP contribution >= 0.6 is 15.9 Å². The molecular weight excluding hydrogens is 451 g/mol. The zero-order chi connectivity index (χ0) is 21.3. The highest BCUT2D eigenvalue weighted by Crippen LogP contribution is 2.28. The first-order chi connectivity index (χ1) is 14.5. The fraction of sp³-hybridized carbons (Fsp3) is 0.409. The second-order valence-corrected chi connectivity index (χ2v) is 8.45. The average Bonchev–Trinajstić information content (AvgIpc) is 3.02. The Balaban J connectivity index is 1.77. The van der Waals surface area contributed by atoms with Gasteiger partial charge in [-0.2, -0.15) is 9.61 Å². The number of rotatable bonds is 4. The number of fused-ring (bicyclic) bond motifs is 1. The maximum absolute atomic E-state index is 14.5. The first-order valence-corrected chi connectivity index (χ1v) is 11.1. The van der Waals surface area contributed by atoms with Crippen molar-refractivity contribution in [1.29, 1.82) is 0 Å². The van der Waals surface area contributed by atoms with Gasteiger partial charge in [0.05, 0.1) is 12.3 Å². The quantitative estimate of drug-likeness (QED) is 0.527. The number of carbonyl (C=O) groups excluding carboxylic acids is 1. The molecule has 0 bridgehead atoms. The van der Waals surface area contributed by atoms with E-state index in [1.165, 1.54) is 10.6 Å². The number of halogens is 2. The van der Waals surface area contributed by atoms with E-state index in [2.05, 4.69) is 32.9 Å². The first-order valence-electron chi connectivity index (χ1n) is 10.3. The fourth-order valence-electron chi connectivity index (χ4n) is 3.86. The van der Waals surface area contributed by atoms with Crippen molar-refractivity contribution in [2.45, 2.75) is 45.6 Å². The van der Waals surface area contributed by atoms with Crippen molar-refractivity contribution < 1.29 is 13.9 Å². The Labute approximate surface area is 183 Å². The summed E-state index contributed by atoms with van der Waals surface area (Å²) in [5, 5.41) is 4.48. The van der Waals surface area contributed by atoms with Crippen LogP contribution in [0.5, 0.6) is 5.88 Å². The summed E-state index contributed by atoms with van der Waals surface area (Å²) >= 11 is 3.27. The summed E-state index contributed by atoms with van der Waals surface area (Å²) in [7, 11) is 0. The van der Waals surface area contributed by atoms with Gasteiger partial charge in [0.1, 0.15) is 11.5 Å². The highest BCUT2D eigenvalue weighted by atomic mass is 79.9. The molecule has 1 amide bonds. The van der Waals surface area contributed by atoms with Crippen molar-refractivity contribution in [3.05, 3.63) is 46.3 Å². The van der Waals surface area contributed by atoms with E-state index in [1.54, 1.807) is 24.3 Å². The normalized spacial score (nSPS) is 17.2. The van der Waals surface area contributed by atoms with Crippen LogP contribution < -0.4 is 4.74 Å². The maximum atomic E-state index is 14.5. The van der Waals surface area contributed by atoms with E-state index in [-0.39, 0.29) is 17.8 Å². The van der Waals surface area contributed by atoms with Gasteiger partial charge in [-0.15, -0.1) is 0 Å². The molecule has 0 N–H and O–H groups in total. The standard InChI is InChI=1S/C22H24BrFN4O2/c1-3-30-21-13-19(22(29)27-10-6-4-5-7-14(27)2)25-20-12-18(26-28(20)21)16-9-8-15(23)11-17(16)24/h8-9,11-14H,3-7,10H2,1-2H3/t14-/m1/s1. The fourth-order valence-corrected chi connectivity index (χ4v) is 4.19. The van der Waals surface area contributed by atoms with Gasteiger partial charge in [-0.1, -0.05) is 28.8 Å². The maximum Gasteiger partial charge on any atom is 0.272 e. The van der Waals surface area contributed by atoms with Gasteiger partial charge in [0.25, 0.3) is 5.91 Å². The minimum absolute atomic E-state index is 0.106. The molecule has 4 rings (SSSR count). The molecule has 0 saturated carbocycles. The predicted molar refractivity (Wildman–Crippen MR) is 116 cm³/mol. The number of hydrogen-bond acceptors (Lipinski definition) is 4. The van der Waals surface area contributed by atoms with Crippen LogP contribution in [-0.2, 0) is 0 Å². The Morgan fingerprint density at radius 1 is 1.27 bits per heavy atom. The Morgan fingerprint density at radius 2 is 2.10 bits per heavy atom. The average molecular weight is 475 g/mol. The lowest BCUT2D eigenvalue weighted by Gasteiger charge is -2.27. The van der Waals surface area contributed by atoms with Crippen molar-refractivity contribution >= 4 is 27.5 Å². The van der Waals surface area contributed by atoms with Crippen LogP contribution in [-0.4, -0.2) is 44.6 Å². The van der Waals surface area contributed by atoms with Gasteiger partial charge in [-0.25, -0.2) is 9.37 Å². The summed E-state index contributed by atoms with van der Waals surface area (Å²) in [6.45, 7) is 5.09. The summed E-state index contributed by atoms with van der Waals surface area (Å²) in [6, 6.07) is 8.29. The van der Waals surface area contributed by atoms with Crippen molar-refractivity contribution in [2.24, 2.45) is 0 Å². The van der Waals surface area contributed by atoms with Gasteiger partial charge in [0.2, 0.25) is 5.88 Å². The smallest absolute Gasteiger partial charge is 0.272 e. The number of hydrogen-bond donors (Lipinski definition) is 0. The van der Waals surface area contributed by atoms with Crippen molar-refractivity contribution in [3.63, 3.8) is 0 Å². The molecule has 1 fully saturated rings. The van der Waals surface area contributed by atoms with E-state index < -0.39 is 0 Å². The Morgan fingerprint density at radius 3 is 2.87 bits per heavy atom. The van der Waals surface area contributed by atoms with Gasteiger partial charge < -0.3 is 9.64 Å². The number of likely N-dealkylation sites (tertiary alicyclic amines) is 1. The second kappa shape index (κ2) is 8.71. The minimum atomic E-state index is -0.388.